The van der Waals surface area contributed by atoms with Gasteiger partial charge in [0.05, 0.1) is 10.7 Å². The van der Waals surface area contributed by atoms with E-state index in [0.29, 0.717) is 16.3 Å². The molecule has 2 rings (SSSR count). The van der Waals surface area contributed by atoms with Crippen molar-refractivity contribution in [2.24, 2.45) is 0 Å². The predicted molar refractivity (Wildman–Crippen MR) is 69.9 cm³/mol. The molecule has 0 atom stereocenters. The fraction of sp³-hybridized carbons (Fsp3) is 0.0769. The molecule has 1 heterocycles. The summed E-state index contributed by atoms with van der Waals surface area (Å²) in [6.45, 7) is 1.72. The third kappa shape index (κ3) is 3.00. The Kier molecular flexibility index (Phi) is 3.66. The predicted octanol–water partition coefficient (Wildman–Crippen LogP) is 3.07. The van der Waals surface area contributed by atoms with Crippen LogP contribution in [0.25, 0.3) is 11.8 Å². The minimum atomic E-state index is -1.08. The molecule has 0 bridgehead atoms. The van der Waals surface area contributed by atoms with Crippen LogP contribution in [-0.2, 0) is 4.79 Å². The van der Waals surface area contributed by atoms with E-state index < -0.39 is 11.8 Å². The van der Waals surface area contributed by atoms with Gasteiger partial charge < -0.3 is 5.11 Å². The van der Waals surface area contributed by atoms with Gasteiger partial charge in [0.2, 0.25) is 0 Å². The Labute approximate surface area is 113 Å². The second kappa shape index (κ2) is 5.24. The lowest BCUT2D eigenvalue weighted by atomic mass is 10.2. The van der Waals surface area contributed by atoms with Crippen molar-refractivity contribution in [3.63, 3.8) is 0 Å². The van der Waals surface area contributed by atoms with E-state index in [1.165, 1.54) is 29.1 Å². The van der Waals surface area contributed by atoms with Crippen LogP contribution in [0.1, 0.15) is 11.3 Å². The highest BCUT2D eigenvalue weighted by molar-refractivity contribution is 6.31. The largest absolute Gasteiger partial charge is 0.478 e. The van der Waals surface area contributed by atoms with Crippen LogP contribution in [0.2, 0.25) is 5.02 Å². The number of hydrogen-bond donors (Lipinski definition) is 1. The number of carboxylic acids is 1. The number of aryl methyl sites for hydroxylation is 1. The van der Waals surface area contributed by atoms with E-state index in [1.54, 1.807) is 13.0 Å². The van der Waals surface area contributed by atoms with Gasteiger partial charge in [0, 0.05) is 12.3 Å². The third-order valence-corrected chi connectivity index (χ3v) is 2.85. The lowest BCUT2D eigenvalue weighted by Crippen LogP contribution is -1.99. The number of carboxylic acid groups (broad SMARTS) is 1. The maximum atomic E-state index is 13.9. The monoisotopic (exact) mass is 280 g/mol. The molecule has 1 N–H and O–H groups in total. The van der Waals surface area contributed by atoms with Gasteiger partial charge in [-0.05, 0) is 30.7 Å². The van der Waals surface area contributed by atoms with Crippen LogP contribution in [0, 0.1) is 12.7 Å². The van der Waals surface area contributed by atoms with Crippen LogP contribution in [0.3, 0.4) is 0 Å². The Hall–Kier alpha value is -2.14. The summed E-state index contributed by atoms with van der Waals surface area (Å²) in [5, 5.41) is 13.0. The normalized spacial score (nSPS) is 11.1. The summed E-state index contributed by atoms with van der Waals surface area (Å²) in [4.78, 5) is 10.4. The lowest BCUT2D eigenvalue weighted by molar-refractivity contribution is -0.131. The van der Waals surface area contributed by atoms with Crippen molar-refractivity contribution in [3.05, 3.63) is 52.6 Å². The van der Waals surface area contributed by atoms with Crippen molar-refractivity contribution in [2.45, 2.75) is 6.92 Å². The number of aromatic nitrogens is 2. The van der Waals surface area contributed by atoms with Crippen molar-refractivity contribution in [1.82, 2.24) is 9.78 Å². The summed E-state index contributed by atoms with van der Waals surface area (Å²) >= 11 is 5.87. The second-order valence-electron chi connectivity index (χ2n) is 3.89. The van der Waals surface area contributed by atoms with Crippen LogP contribution < -0.4 is 0 Å². The third-order valence-electron chi connectivity index (χ3n) is 2.48. The molecule has 0 saturated heterocycles. The van der Waals surface area contributed by atoms with E-state index in [-0.39, 0.29) is 5.69 Å². The molecule has 0 fully saturated rings. The maximum Gasteiger partial charge on any atom is 0.328 e. The topological polar surface area (TPSA) is 55.1 Å². The fourth-order valence-electron chi connectivity index (χ4n) is 1.54. The Morgan fingerprint density at radius 3 is 2.79 bits per heavy atom. The molecule has 0 radical (unpaired) electrons. The number of rotatable bonds is 3. The van der Waals surface area contributed by atoms with Crippen molar-refractivity contribution in [1.29, 1.82) is 0 Å². The molecule has 19 heavy (non-hydrogen) atoms. The first-order valence-corrected chi connectivity index (χ1v) is 5.78. The molecule has 0 aliphatic heterocycles. The van der Waals surface area contributed by atoms with Crippen molar-refractivity contribution >= 4 is 23.6 Å². The zero-order chi connectivity index (χ0) is 14.0. The highest BCUT2D eigenvalue weighted by atomic mass is 35.5. The highest BCUT2D eigenvalue weighted by Gasteiger charge is 2.08. The van der Waals surface area contributed by atoms with Crippen molar-refractivity contribution in [3.8, 4) is 5.69 Å². The number of aliphatic carboxylic acids is 1. The average molecular weight is 281 g/mol. The molecule has 0 saturated carbocycles. The van der Waals surface area contributed by atoms with Gasteiger partial charge in [0.25, 0.3) is 0 Å². The highest BCUT2D eigenvalue weighted by Crippen LogP contribution is 2.19. The molecule has 6 heteroatoms. The first kappa shape index (κ1) is 13.3. The van der Waals surface area contributed by atoms with Gasteiger partial charge in [-0.25, -0.2) is 13.9 Å². The van der Waals surface area contributed by atoms with E-state index in [2.05, 4.69) is 5.10 Å². The number of hydrogen-bond acceptors (Lipinski definition) is 2. The zero-order valence-electron chi connectivity index (χ0n) is 9.97. The molecule has 4 nitrogen and oxygen atoms in total. The average Bonchev–Trinajstić information content (AvgIpc) is 2.67. The van der Waals surface area contributed by atoms with Gasteiger partial charge >= 0.3 is 5.97 Å². The van der Waals surface area contributed by atoms with E-state index in [0.717, 1.165) is 6.08 Å². The standard InChI is InChI=1S/C13H10ClFN2O2/c1-8-10(14)7-17(16-8)12-4-2-9(6-11(12)15)3-5-13(18)19/h2-7H,1H3,(H,18,19). The second-order valence-corrected chi connectivity index (χ2v) is 4.30. The molecule has 98 valence electrons. The van der Waals surface area contributed by atoms with Gasteiger partial charge in [-0.1, -0.05) is 17.7 Å². The summed E-state index contributed by atoms with van der Waals surface area (Å²) in [6.07, 6.45) is 3.78. The molecule has 1 aromatic carbocycles. The smallest absolute Gasteiger partial charge is 0.328 e. The number of halogens is 2. The minimum Gasteiger partial charge on any atom is -0.478 e. The summed E-state index contributed by atoms with van der Waals surface area (Å²) < 4.78 is 15.3. The van der Waals surface area contributed by atoms with Crippen LogP contribution in [0.5, 0.6) is 0 Å². The molecule has 2 aromatic rings. The number of carbonyl (C=O) groups is 1. The Morgan fingerprint density at radius 1 is 1.53 bits per heavy atom. The van der Waals surface area contributed by atoms with Crippen LogP contribution in [-0.4, -0.2) is 20.9 Å². The number of nitrogens with zero attached hydrogens (tertiary/aromatic N) is 2. The van der Waals surface area contributed by atoms with Gasteiger partial charge in [0.15, 0.2) is 0 Å². The van der Waals surface area contributed by atoms with Gasteiger partial charge in [-0.2, -0.15) is 5.10 Å². The first-order chi connectivity index (χ1) is 8.97. The van der Waals surface area contributed by atoms with Gasteiger partial charge in [-0.15, -0.1) is 0 Å². The van der Waals surface area contributed by atoms with Crippen molar-refractivity contribution < 1.29 is 14.3 Å². The number of benzene rings is 1. The van der Waals surface area contributed by atoms with Crippen LogP contribution >= 0.6 is 11.6 Å². The summed E-state index contributed by atoms with van der Waals surface area (Å²) in [6, 6.07) is 4.35. The molecule has 1 aromatic heterocycles. The SMILES string of the molecule is Cc1nn(-c2ccc(C=CC(=O)O)cc2F)cc1Cl. The molecular formula is C13H10ClFN2O2. The minimum absolute atomic E-state index is 0.252. The quantitative estimate of drug-likeness (QED) is 0.879. The lowest BCUT2D eigenvalue weighted by Gasteiger charge is -2.03. The molecule has 0 unspecified atom stereocenters. The van der Waals surface area contributed by atoms with Gasteiger partial charge in [0.1, 0.15) is 11.5 Å². The summed E-state index contributed by atoms with van der Waals surface area (Å²) in [5.41, 5.74) is 1.32. The van der Waals surface area contributed by atoms with E-state index in [9.17, 15) is 9.18 Å². The first-order valence-electron chi connectivity index (χ1n) is 5.40. The molecule has 0 spiro atoms. The summed E-state index contributed by atoms with van der Waals surface area (Å²) in [7, 11) is 0. The molecule has 0 amide bonds. The molecule has 0 aliphatic rings. The zero-order valence-corrected chi connectivity index (χ0v) is 10.7. The molecule has 0 aliphatic carbocycles. The van der Waals surface area contributed by atoms with E-state index in [4.69, 9.17) is 16.7 Å². The summed E-state index contributed by atoms with van der Waals surface area (Å²) in [5.74, 6) is -1.59. The van der Waals surface area contributed by atoms with Gasteiger partial charge in [-0.3, -0.25) is 0 Å². The van der Waals surface area contributed by atoms with E-state index in [1.807, 2.05) is 0 Å². The van der Waals surface area contributed by atoms with Crippen molar-refractivity contribution in [2.75, 3.05) is 0 Å². The van der Waals surface area contributed by atoms with Crippen LogP contribution in [0.15, 0.2) is 30.5 Å². The Morgan fingerprint density at radius 2 is 2.26 bits per heavy atom. The fourth-order valence-corrected chi connectivity index (χ4v) is 1.67. The van der Waals surface area contributed by atoms with E-state index >= 15 is 0 Å². The molecular weight excluding hydrogens is 271 g/mol. The van der Waals surface area contributed by atoms with Crippen LogP contribution in [0.4, 0.5) is 4.39 Å². The maximum absolute atomic E-state index is 13.9. The Balaban J connectivity index is 2.36. The Bertz CT molecular complexity index is 645.